The quantitative estimate of drug-likeness (QED) is 0.698. The SMILES string of the molecule is C[C@@H]1CN(C(=O)NCCCS(C)=O)C[C@H]1C(=O)O. The van der Waals surface area contributed by atoms with Crippen molar-refractivity contribution in [1.29, 1.82) is 0 Å². The summed E-state index contributed by atoms with van der Waals surface area (Å²) < 4.78 is 10.8. The summed E-state index contributed by atoms with van der Waals surface area (Å²) in [5.41, 5.74) is 0. The topological polar surface area (TPSA) is 86.7 Å². The van der Waals surface area contributed by atoms with Crippen LogP contribution in [0.5, 0.6) is 0 Å². The Morgan fingerprint density at radius 2 is 2.11 bits per heavy atom. The molecular formula is C11H20N2O4S. The number of aliphatic carboxylic acids is 1. The number of rotatable bonds is 5. The Bertz CT molecular complexity index is 348. The van der Waals surface area contributed by atoms with Gasteiger partial charge in [0.25, 0.3) is 0 Å². The van der Waals surface area contributed by atoms with Gasteiger partial charge in [0.05, 0.1) is 5.92 Å². The summed E-state index contributed by atoms with van der Waals surface area (Å²) >= 11 is 0. The lowest BCUT2D eigenvalue weighted by Crippen LogP contribution is -2.39. The predicted octanol–water partition coefficient (Wildman–Crippen LogP) is 0.117. The van der Waals surface area contributed by atoms with E-state index in [9.17, 15) is 13.8 Å². The smallest absolute Gasteiger partial charge is 0.317 e. The Balaban J connectivity index is 2.31. The second-order valence-electron chi connectivity index (χ2n) is 4.69. The lowest BCUT2D eigenvalue weighted by atomic mass is 9.99. The summed E-state index contributed by atoms with van der Waals surface area (Å²) in [5, 5.41) is 11.7. The highest BCUT2D eigenvalue weighted by molar-refractivity contribution is 7.84. The number of nitrogens with one attached hydrogen (secondary N) is 1. The van der Waals surface area contributed by atoms with Crippen LogP contribution in [-0.2, 0) is 15.6 Å². The molecule has 1 aliphatic rings. The fourth-order valence-electron chi connectivity index (χ4n) is 2.04. The fourth-order valence-corrected chi connectivity index (χ4v) is 2.59. The molecule has 0 aliphatic carbocycles. The summed E-state index contributed by atoms with van der Waals surface area (Å²) in [6.45, 7) is 3.05. The Hall–Kier alpha value is -1.11. The van der Waals surface area contributed by atoms with Gasteiger partial charge in [-0.05, 0) is 12.3 Å². The van der Waals surface area contributed by atoms with Gasteiger partial charge in [-0.3, -0.25) is 9.00 Å². The van der Waals surface area contributed by atoms with Gasteiger partial charge in [-0.15, -0.1) is 0 Å². The minimum atomic E-state index is -0.848. The first-order valence-electron chi connectivity index (χ1n) is 5.97. The minimum absolute atomic E-state index is 0.0172. The average Bonchev–Trinajstić information content (AvgIpc) is 2.66. The van der Waals surface area contributed by atoms with Crippen molar-refractivity contribution in [1.82, 2.24) is 10.2 Å². The van der Waals surface area contributed by atoms with Crippen molar-refractivity contribution >= 4 is 22.8 Å². The summed E-state index contributed by atoms with van der Waals surface area (Å²) in [6, 6.07) is -0.229. The van der Waals surface area contributed by atoms with Crippen molar-refractivity contribution in [3.63, 3.8) is 0 Å². The van der Waals surface area contributed by atoms with Crippen molar-refractivity contribution in [2.75, 3.05) is 31.6 Å². The molecule has 0 saturated carbocycles. The summed E-state index contributed by atoms with van der Waals surface area (Å²) in [7, 11) is -0.842. The molecule has 7 heteroatoms. The molecule has 3 atom stereocenters. The predicted molar refractivity (Wildman–Crippen MR) is 68.8 cm³/mol. The van der Waals surface area contributed by atoms with E-state index in [4.69, 9.17) is 5.11 Å². The molecule has 1 fully saturated rings. The second-order valence-corrected chi connectivity index (χ2v) is 6.24. The molecule has 0 aromatic heterocycles. The third-order valence-electron chi connectivity index (χ3n) is 3.10. The molecule has 1 rings (SSSR count). The Morgan fingerprint density at radius 3 is 2.61 bits per heavy atom. The normalized spacial score (nSPS) is 24.9. The number of carbonyl (C=O) groups excluding carboxylic acids is 1. The van der Waals surface area contributed by atoms with Crippen LogP contribution in [0.25, 0.3) is 0 Å². The summed E-state index contributed by atoms with van der Waals surface area (Å²) in [6.07, 6.45) is 2.29. The number of hydrogen-bond acceptors (Lipinski definition) is 3. The van der Waals surface area contributed by atoms with E-state index in [1.54, 1.807) is 6.26 Å². The van der Waals surface area contributed by atoms with Gasteiger partial charge in [0.1, 0.15) is 0 Å². The number of carboxylic acid groups (broad SMARTS) is 1. The molecule has 0 bridgehead atoms. The maximum atomic E-state index is 11.7. The van der Waals surface area contributed by atoms with Crippen molar-refractivity contribution in [3.8, 4) is 0 Å². The Labute approximate surface area is 109 Å². The summed E-state index contributed by atoms with van der Waals surface area (Å²) in [5.74, 6) is -0.775. The standard InChI is InChI=1S/C11H20N2O4S/c1-8-6-13(7-9(8)10(14)15)11(16)12-4-3-5-18(2)17/h8-9H,3-7H2,1-2H3,(H,12,16)(H,14,15)/t8-,9-,18?/m1/s1. The molecular weight excluding hydrogens is 256 g/mol. The van der Waals surface area contributed by atoms with E-state index in [1.807, 2.05) is 6.92 Å². The molecule has 2 amide bonds. The highest BCUT2D eigenvalue weighted by Gasteiger charge is 2.36. The van der Waals surface area contributed by atoms with Crippen molar-refractivity contribution in [2.45, 2.75) is 13.3 Å². The summed E-state index contributed by atoms with van der Waals surface area (Å²) in [4.78, 5) is 24.2. The van der Waals surface area contributed by atoms with Crippen LogP contribution >= 0.6 is 0 Å². The molecule has 0 aromatic carbocycles. The van der Waals surface area contributed by atoms with E-state index >= 15 is 0 Å². The molecule has 18 heavy (non-hydrogen) atoms. The number of hydrogen-bond donors (Lipinski definition) is 2. The molecule has 0 aromatic rings. The highest BCUT2D eigenvalue weighted by atomic mass is 32.2. The van der Waals surface area contributed by atoms with E-state index < -0.39 is 22.7 Å². The first-order valence-corrected chi connectivity index (χ1v) is 7.70. The van der Waals surface area contributed by atoms with Gasteiger partial charge in [0.2, 0.25) is 0 Å². The molecule has 1 heterocycles. The third kappa shape index (κ3) is 4.29. The van der Waals surface area contributed by atoms with Crippen molar-refractivity contribution < 1.29 is 18.9 Å². The van der Waals surface area contributed by atoms with Crippen LogP contribution in [0.2, 0.25) is 0 Å². The fraction of sp³-hybridized carbons (Fsp3) is 0.818. The molecule has 2 N–H and O–H groups in total. The number of urea groups is 1. The second kappa shape index (κ2) is 6.72. The van der Waals surface area contributed by atoms with Gasteiger partial charge in [0, 0.05) is 42.4 Å². The maximum absolute atomic E-state index is 11.7. The lowest BCUT2D eigenvalue weighted by molar-refractivity contribution is -0.142. The molecule has 1 unspecified atom stereocenters. The average molecular weight is 276 g/mol. The molecule has 0 spiro atoms. The van der Waals surface area contributed by atoms with Crippen LogP contribution < -0.4 is 5.32 Å². The van der Waals surface area contributed by atoms with Crippen LogP contribution in [0.3, 0.4) is 0 Å². The van der Waals surface area contributed by atoms with E-state index in [-0.39, 0.29) is 18.5 Å². The van der Waals surface area contributed by atoms with Crippen LogP contribution in [-0.4, -0.2) is 57.9 Å². The van der Waals surface area contributed by atoms with E-state index in [0.29, 0.717) is 25.3 Å². The lowest BCUT2D eigenvalue weighted by Gasteiger charge is -2.16. The van der Waals surface area contributed by atoms with Crippen molar-refractivity contribution in [2.24, 2.45) is 11.8 Å². The first kappa shape index (κ1) is 14.9. The minimum Gasteiger partial charge on any atom is -0.481 e. The van der Waals surface area contributed by atoms with Gasteiger partial charge in [0.15, 0.2) is 0 Å². The third-order valence-corrected chi connectivity index (χ3v) is 3.97. The van der Waals surface area contributed by atoms with Gasteiger partial charge in [-0.1, -0.05) is 6.92 Å². The largest absolute Gasteiger partial charge is 0.481 e. The van der Waals surface area contributed by atoms with Gasteiger partial charge < -0.3 is 15.3 Å². The number of nitrogens with zero attached hydrogens (tertiary/aromatic N) is 1. The van der Waals surface area contributed by atoms with E-state index in [0.717, 1.165) is 0 Å². The van der Waals surface area contributed by atoms with Crippen LogP contribution in [0, 0.1) is 11.8 Å². The van der Waals surface area contributed by atoms with Crippen LogP contribution in [0.4, 0.5) is 4.79 Å². The molecule has 6 nitrogen and oxygen atoms in total. The zero-order chi connectivity index (χ0) is 13.7. The van der Waals surface area contributed by atoms with E-state index in [1.165, 1.54) is 4.90 Å². The zero-order valence-electron chi connectivity index (χ0n) is 10.7. The highest BCUT2D eigenvalue weighted by Crippen LogP contribution is 2.22. The maximum Gasteiger partial charge on any atom is 0.317 e. The van der Waals surface area contributed by atoms with Gasteiger partial charge in [-0.2, -0.15) is 0 Å². The monoisotopic (exact) mass is 276 g/mol. The first-order chi connectivity index (χ1) is 8.41. The van der Waals surface area contributed by atoms with E-state index in [2.05, 4.69) is 5.32 Å². The van der Waals surface area contributed by atoms with Crippen LogP contribution in [0.1, 0.15) is 13.3 Å². The zero-order valence-corrected chi connectivity index (χ0v) is 11.5. The van der Waals surface area contributed by atoms with Gasteiger partial charge in [-0.25, -0.2) is 4.79 Å². The van der Waals surface area contributed by atoms with Crippen LogP contribution in [0.15, 0.2) is 0 Å². The molecule has 104 valence electrons. The molecule has 1 saturated heterocycles. The number of amides is 2. The van der Waals surface area contributed by atoms with Gasteiger partial charge >= 0.3 is 12.0 Å². The molecule has 1 aliphatic heterocycles. The molecule has 0 radical (unpaired) electrons. The Kier molecular flexibility index (Phi) is 5.58. The number of likely N-dealkylation sites (tertiary alicyclic amines) is 1. The number of carboxylic acids is 1. The number of carbonyl (C=O) groups is 2. The van der Waals surface area contributed by atoms with Crippen molar-refractivity contribution in [3.05, 3.63) is 0 Å². The Morgan fingerprint density at radius 1 is 1.44 bits per heavy atom.